The maximum absolute atomic E-state index is 12.6. The average molecular weight is 880 g/mol. The first-order chi connectivity index (χ1) is 29.8. The lowest BCUT2D eigenvalue weighted by molar-refractivity contribution is -0.161. The third-order valence-corrected chi connectivity index (χ3v) is 11.6. The smallest absolute Gasteiger partial charge is 0.462 e. The van der Waals surface area contributed by atoms with E-state index in [1.165, 1.54) is 135 Å². The fourth-order valence-corrected chi connectivity index (χ4v) is 7.69. The summed E-state index contributed by atoms with van der Waals surface area (Å²) in [6.45, 7) is 3.68. The number of carbonyl (C=O) groups is 2. The van der Waals surface area contributed by atoms with Gasteiger partial charge >= 0.3 is 19.8 Å². The molecule has 0 aliphatic rings. The number of nitrogens with two attached hydrogens (primary N) is 1. The summed E-state index contributed by atoms with van der Waals surface area (Å²) in [6.07, 6.45) is 55.9. The van der Waals surface area contributed by atoms with Crippen LogP contribution in [0.2, 0.25) is 0 Å². The summed E-state index contributed by atoms with van der Waals surface area (Å²) in [4.78, 5) is 35.0. The fourth-order valence-electron chi connectivity index (χ4n) is 6.92. The van der Waals surface area contributed by atoms with Crippen molar-refractivity contribution < 1.29 is 37.6 Å². The fraction of sp³-hybridized carbons (Fsp3) is 0.804. The van der Waals surface area contributed by atoms with Crippen molar-refractivity contribution in [3.8, 4) is 0 Å². The predicted molar refractivity (Wildman–Crippen MR) is 257 cm³/mol. The Kier molecular flexibility index (Phi) is 45.9. The van der Waals surface area contributed by atoms with Crippen molar-refractivity contribution in [3.05, 3.63) is 48.6 Å². The second kappa shape index (κ2) is 47.4. The van der Waals surface area contributed by atoms with E-state index in [0.29, 0.717) is 12.8 Å². The topological polar surface area (TPSA) is 134 Å². The summed E-state index contributed by atoms with van der Waals surface area (Å²) >= 11 is 0. The number of hydrogen-bond donors (Lipinski definition) is 2. The van der Waals surface area contributed by atoms with Gasteiger partial charge in [0.15, 0.2) is 6.10 Å². The summed E-state index contributed by atoms with van der Waals surface area (Å²) in [7, 11) is -4.39. The SMILES string of the molecule is CCCCC/C=C/C/C=C/CCCCCCCCCC(=O)O[C@@H](COC(=O)CCC/C=C/CC/C=C/CCCCCCCCCCCCCCCC)COP(=O)(O)OCCN. The Morgan fingerprint density at radius 1 is 0.492 bits per heavy atom. The highest BCUT2D eigenvalue weighted by molar-refractivity contribution is 7.47. The van der Waals surface area contributed by atoms with E-state index in [9.17, 15) is 19.0 Å². The molecule has 0 amide bonds. The third kappa shape index (κ3) is 47.3. The van der Waals surface area contributed by atoms with Gasteiger partial charge in [0.05, 0.1) is 13.2 Å². The monoisotopic (exact) mass is 880 g/mol. The largest absolute Gasteiger partial charge is 0.472 e. The van der Waals surface area contributed by atoms with Crippen molar-refractivity contribution >= 4 is 19.8 Å². The number of rotatable bonds is 47. The van der Waals surface area contributed by atoms with Crippen LogP contribution in [-0.2, 0) is 32.7 Å². The van der Waals surface area contributed by atoms with Gasteiger partial charge in [0, 0.05) is 19.4 Å². The van der Waals surface area contributed by atoms with Crippen LogP contribution in [0.5, 0.6) is 0 Å². The van der Waals surface area contributed by atoms with Gasteiger partial charge in [0.25, 0.3) is 0 Å². The van der Waals surface area contributed by atoms with Crippen molar-refractivity contribution in [1.29, 1.82) is 0 Å². The molecule has 0 radical (unpaired) electrons. The highest BCUT2D eigenvalue weighted by atomic mass is 31.2. The second-order valence-electron chi connectivity index (χ2n) is 16.7. The lowest BCUT2D eigenvalue weighted by atomic mass is 10.0. The Labute approximate surface area is 375 Å². The molecule has 0 aliphatic carbocycles. The number of esters is 2. The van der Waals surface area contributed by atoms with E-state index in [4.69, 9.17) is 24.3 Å². The van der Waals surface area contributed by atoms with Gasteiger partial charge in [-0.25, -0.2) is 4.57 Å². The molecule has 0 aromatic rings. The zero-order valence-electron chi connectivity index (χ0n) is 39.4. The van der Waals surface area contributed by atoms with Gasteiger partial charge in [0.1, 0.15) is 6.61 Å². The Morgan fingerprint density at radius 2 is 0.885 bits per heavy atom. The normalized spacial score (nSPS) is 13.6. The Balaban J connectivity index is 4.11. The molecular weight excluding hydrogens is 786 g/mol. The minimum Gasteiger partial charge on any atom is -0.462 e. The van der Waals surface area contributed by atoms with Crippen molar-refractivity contribution in [2.24, 2.45) is 5.73 Å². The van der Waals surface area contributed by atoms with Crippen LogP contribution in [0, 0.1) is 0 Å². The highest BCUT2D eigenvalue weighted by Crippen LogP contribution is 2.43. The van der Waals surface area contributed by atoms with Crippen molar-refractivity contribution in [3.63, 3.8) is 0 Å². The van der Waals surface area contributed by atoms with Gasteiger partial charge in [-0.15, -0.1) is 0 Å². The van der Waals surface area contributed by atoms with E-state index in [0.717, 1.165) is 57.8 Å². The second-order valence-corrected chi connectivity index (χ2v) is 18.1. The van der Waals surface area contributed by atoms with Gasteiger partial charge < -0.3 is 20.1 Å². The first kappa shape index (κ1) is 59.0. The summed E-state index contributed by atoms with van der Waals surface area (Å²) in [5, 5.41) is 0. The minimum atomic E-state index is -4.39. The molecule has 0 saturated heterocycles. The lowest BCUT2D eigenvalue weighted by Crippen LogP contribution is -2.29. The van der Waals surface area contributed by atoms with E-state index in [2.05, 4.69) is 62.5 Å². The van der Waals surface area contributed by atoms with E-state index in [1.54, 1.807) is 0 Å². The van der Waals surface area contributed by atoms with Crippen LogP contribution in [0.1, 0.15) is 232 Å². The number of allylic oxidation sites excluding steroid dienone is 8. The van der Waals surface area contributed by atoms with Crippen LogP contribution in [0.4, 0.5) is 0 Å². The lowest BCUT2D eigenvalue weighted by Gasteiger charge is -2.19. The van der Waals surface area contributed by atoms with E-state index in [1.807, 2.05) is 0 Å². The van der Waals surface area contributed by atoms with Crippen LogP contribution < -0.4 is 5.73 Å². The van der Waals surface area contributed by atoms with Gasteiger partial charge in [-0.3, -0.25) is 18.6 Å². The van der Waals surface area contributed by atoms with Gasteiger partial charge in [0.2, 0.25) is 0 Å². The molecule has 0 aliphatic heterocycles. The number of phosphoric ester groups is 1. The number of carbonyl (C=O) groups excluding carboxylic acids is 2. The zero-order chi connectivity index (χ0) is 44.6. The third-order valence-electron chi connectivity index (χ3n) is 10.7. The molecule has 0 fully saturated rings. The maximum atomic E-state index is 12.6. The first-order valence-electron chi connectivity index (χ1n) is 25.1. The molecule has 9 nitrogen and oxygen atoms in total. The van der Waals surface area contributed by atoms with E-state index < -0.39 is 32.5 Å². The van der Waals surface area contributed by atoms with Crippen LogP contribution in [0.3, 0.4) is 0 Å². The summed E-state index contributed by atoms with van der Waals surface area (Å²) in [6, 6.07) is 0. The summed E-state index contributed by atoms with van der Waals surface area (Å²) < 4.78 is 32.8. The molecule has 1 unspecified atom stereocenters. The minimum absolute atomic E-state index is 0.0461. The predicted octanol–water partition coefficient (Wildman–Crippen LogP) is 15.1. The first-order valence-corrected chi connectivity index (χ1v) is 26.6. The zero-order valence-corrected chi connectivity index (χ0v) is 40.3. The number of hydrogen-bond acceptors (Lipinski definition) is 8. The van der Waals surface area contributed by atoms with Crippen molar-refractivity contribution in [2.75, 3.05) is 26.4 Å². The van der Waals surface area contributed by atoms with Gasteiger partial charge in [-0.05, 0) is 77.0 Å². The highest BCUT2D eigenvalue weighted by Gasteiger charge is 2.26. The number of phosphoric acid groups is 1. The van der Waals surface area contributed by atoms with Crippen LogP contribution >= 0.6 is 7.82 Å². The molecule has 356 valence electrons. The summed E-state index contributed by atoms with van der Waals surface area (Å²) in [5.41, 5.74) is 5.36. The Morgan fingerprint density at radius 3 is 1.39 bits per heavy atom. The number of unbranched alkanes of at least 4 members (excludes halogenated alkanes) is 26. The standard InChI is InChI=1S/C51H94NO8P/c1-3-5-7-9-11-13-15-17-19-21-22-23-24-25-26-28-29-31-33-35-37-39-41-43-50(53)57-47-49(48-59-61(55,56)58-46-45-52)60-51(54)44-42-40-38-36-34-32-30-27-20-18-16-14-12-10-8-6-4-2/h12,14,18,20,28-29,35,37,49H,3-11,13,15-17,19,21-27,30-34,36,38-48,52H2,1-2H3,(H,55,56)/b14-12+,20-18+,29-28+,37-35+/t49-/m0/s1. The van der Waals surface area contributed by atoms with Crippen molar-refractivity contribution in [2.45, 2.75) is 238 Å². The van der Waals surface area contributed by atoms with E-state index in [-0.39, 0.29) is 32.6 Å². The molecule has 10 heteroatoms. The average Bonchev–Trinajstić information content (AvgIpc) is 3.25. The molecule has 0 spiro atoms. The van der Waals surface area contributed by atoms with Crippen LogP contribution in [0.15, 0.2) is 48.6 Å². The van der Waals surface area contributed by atoms with Gasteiger partial charge in [-0.1, -0.05) is 191 Å². The molecule has 3 N–H and O–H groups in total. The number of ether oxygens (including phenoxy) is 2. The molecule has 0 heterocycles. The molecule has 2 atom stereocenters. The molecule has 0 rings (SSSR count). The molecule has 0 aromatic carbocycles. The maximum Gasteiger partial charge on any atom is 0.472 e. The molecule has 0 bridgehead atoms. The molecule has 61 heavy (non-hydrogen) atoms. The Hall–Kier alpha value is -2.03. The summed E-state index contributed by atoms with van der Waals surface area (Å²) in [5.74, 6) is -0.883. The molecular formula is C51H94NO8P. The Bertz CT molecular complexity index is 1140. The molecule has 0 aromatic heterocycles. The van der Waals surface area contributed by atoms with Crippen LogP contribution in [-0.4, -0.2) is 49.3 Å². The molecule has 0 saturated carbocycles. The van der Waals surface area contributed by atoms with E-state index >= 15 is 0 Å². The van der Waals surface area contributed by atoms with Gasteiger partial charge in [-0.2, -0.15) is 0 Å². The van der Waals surface area contributed by atoms with Crippen LogP contribution in [0.25, 0.3) is 0 Å². The quantitative estimate of drug-likeness (QED) is 0.0265. The van der Waals surface area contributed by atoms with Crippen molar-refractivity contribution in [1.82, 2.24) is 0 Å².